The highest BCUT2D eigenvalue weighted by Crippen LogP contribution is 2.39. The number of likely N-dealkylation sites (tertiary alicyclic amines) is 1. The predicted octanol–water partition coefficient (Wildman–Crippen LogP) is 6.44. The lowest BCUT2D eigenvalue weighted by Gasteiger charge is -2.25. The van der Waals surface area contributed by atoms with E-state index < -0.39 is 0 Å². The van der Waals surface area contributed by atoms with Crippen molar-refractivity contribution in [3.63, 3.8) is 0 Å². The highest BCUT2D eigenvalue weighted by Gasteiger charge is 2.41. The van der Waals surface area contributed by atoms with Crippen molar-refractivity contribution in [1.29, 1.82) is 0 Å². The molecule has 1 aromatic carbocycles. The number of amides is 1. The Kier molecular flexibility index (Phi) is 7.15. The Bertz CT molecular complexity index is 1110. The number of thiophene rings is 1. The minimum Gasteiger partial charge on any atom is -0.487 e. The highest BCUT2D eigenvalue weighted by molar-refractivity contribution is 7.15. The summed E-state index contributed by atoms with van der Waals surface area (Å²) in [4.78, 5) is 19.9. The molecule has 0 aliphatic carbocycles. The third-order valence-electron chi connectivity index (χ3n) is 5.63. The van der Waals surface area contributed by atoms with E-state index in [4.69, 9.17) is 44.3 Å². The number of halogens is 3. The Hall–Kier alpha value is -1.99. The summed E-state index contributed by atoms with van der Waals surface area (Å²) in [5.41, 5.74) is 1.02. The van der Waals surface area contributed by atoms with Crippen LogP contribution in [0.2, 0.25) is 15.1 Å². The SMILES string of the molecule is COc1ccc(C(=O)N2C[C@@H]([C@H](C)Oc3ccc(Cl)cn3)[C@@H](c3ccc(Cl)c(Cl)c3)C2)s1. The summed E-state index contributed by atoms with van der Waals surface area (Å²) in [6.07, 6.45) is 1.34. The van der Waals surface area contributed by atoms with Crippen molar-refractivity contribution >= 4 is 52.0 Å². The number of ether oxygens (including phenoxy) is 2. The second-order valence-corrected chi connectivity index (χ2v) is 9.91. The third kappa shape index (κ3) is 4.99. The van der Waals surface area contributed by atoms with Crippen LogP contribution < -0.4 is 9.47 Å². The molecule has 32 heavy (non-hydrogen) atoms. The first-order valence-corrected chi connectivity index (χ1v) is 12.0. The van der Waals surface area contributed by atoms with Crippen LogP contribution in [-0.2, 0) is 0 Å². The lowest BCUT2D eigenvalue weighted by molar-refractivity contribution is 0.0774. The molecule has 0 radical (unpaired) electrons. The second kappa shape index (κ2) is 9.87. The number of carbonyl (C=O) groups is 1. The molecule has 9 heteroatoms. The first-order valence-electron chi connectivity index (χ1n) is 10.0. The van der Waals surface area contributed by atoms with Crippen LogP contribution in [0.4, 0.5) is 0 Å². The maximum atomic E-state index is 13.2. The lowest BCUT2D eigenvalue weighted by atomic mass is 9.86. The maximum absolute atomic E-state index is 13.2. The van der Waals surface area contributed by atoms with Gasteiger partial charge in [-0.05, 0) is 42.8 Å². The van der Waals surface area contributed by atoms with Crippen molar-refractivity contribution in [3.8, 4) is 10.9 Å². The summed E-state index contributed by atoms with van der Waals surface area (Å²) < 4.78 is 11.4. The van der Waals surface area contributed by atoms with Gasteiger partial charge in [0.05, 0.1) is 27.1 Å². The van der Waals surface area contributed by atoms with E-state index in [1.807, 2.05) is 24.0 Å². The molecule has 4 rings (SSSR count). The van der Waals surface area contributed by atoms with Gasteiger partial charge in [-0.3, -0.25) is 4.79 Å². The molecule has 5 nitrogen and oxygen atoms in total. The van der Waals surface area contributed by atoms with Crippen molar-refractivity contribution in [3.05, 3.63) is 74.2 Å². The smallest absolute Gasteiger partial charge is 0.264 e. The molecule has 168 valence electrons. The fraction of sp³-hybridized carbons (Fsp3) is 0.304. The zero-order valence-corrected chi connectivity index (χ0v) is 20.5. The van der Waals surface area contributed by atoms with Gasteiger partial charge < -0.3 is 14.4 Å². The Morgan fingerprint density at radius 2 is 1.94 bits per heavy atom. The lowest BCUT2D eigenvalue weighted by Crippen LogP contribution is -2.32. The van der Waals surface area contributed by atoms with E-state index in [1.165, 1.54) is 11.3 Å². The van der Waals surface area contributed by atoms with Crippen LogP contribution in [0.15, 0.2) is 48.7 Å². The predicted molar refractivity (Wildman–Crippen MR) is 129 cm³/mol. The summed E-state index contributed by atoms with van der Waals surface area (Å²) in [7, 11) is 1.59. The van der Waals surface area contributed by atoms with Gasteiger partial charge in [-0.2, -0.15) is 0 Å². The van der Waals surface area contributed by atoms with Crippen LogP contribution in [0.5, 0.6) is 10.9 Å². The van der Waals surface area contributed by atoms with E-state index in [9.17, 15) is 4.79 Å². The number of nitrogens with zero attached hydrogens (tertiary/aromatic N) is 2. The molecule has 1 amide bonds. The molecule has 1 saturated heterocycles. The number of benzene rings is 1. The Morgan fingerprint density at radius 3 is 2.59 bits per heavy atom. The number of pyridine rings is 1. The zero-order chi connectivity index (χ0) is 22.8. The first-order chi connectivity index (χ1) is 15.4. The summed E-state index contributed by atoms with van der Waals surface area (Å²) >= 11 is 19.7. The number of methoxy groups -OCH3 is 1. The summed E-state index contributed by atoms with van der Waals surface area (Å²) in [5.74, 6) is 0.513. The molecule has 1 aliphatic rings. The van der Waals surface area contributed by atoms with Gasteiger partial charge >= 0.3 is 0 Å². The molecule has 0 unspecified atom stereocenters. The number of hydrogen-bond donors (Lipinski definition) is 0. The molecular formula is C23H21Cl3N2O3S. The molecule has 2 aromatic heterocycles. The standard InChI is InChI=1S/C23H21Cl3N2O3S/c1-13(31-21-7-4-15(24)10-27-21)16-11-28(23(29)20-6-8-22(30-2)32-20)12-17(16)14-3-5-18(25)19(26)9-14/h3-10,13,16-17H,11-12H2,1-2H3/t13-,16-,17+/m0/s1. The zero-order valence-electron chi connectivity index (χ0n) is 17.4. The third-order valence-corrected chi connectivity index (χ3v) is 7.62. The highest BCUT2D eigenvalue weighted by atomic mass is 35.5. The van der Waals surface area contributed by atoms with Crippen LogP contribution >= 0.6 is 46.1 Å². The minimum absolute atomic E-state index is 0.0236. The van der Waals surface area contributed by atoms with Gasteiger partial charge in [-0.1, -0.05) is 52.2 Å². The monoisotopic (exact) mass is 510 g/mol. The van der Waals surface area contributed by atoms with Crippen molar-refractivity contribution < 1.29 is 14.3 Å². The van der Waals surface area contributed by atoms with Gasteiger partial charge in [-0.15, -0.1) is 0 Å². The van der Waals surface area contributed by atoms with Gasteiger partial charge in [-0.25, -0.2) is 4.98 Å². The van der Waals surface area contributed by atoms with E-state index in [0.29, 0.717) is 44.0 Å². The molecule has 3 aromatic rings. The van der Waals surface area contributed by atoms with E-state index in [-0.39, 0.29) is 23.8 Å². The second-order valence-electron chi connectivity index (χ2n) is 7.61. The van der Waals surface area contributed by atoms with Crippen molar-refractivity contribution in [2.45, 2.75) is 18.9 Å². The topological polar surface area (TPSA) is 51.7 Å². The van der Waals surface area contributed by atoms with Gasteiger partial charge in [0.1, 0.15) is 6.10 Å². The molecule has 0 bridgehead atoms. The van der Waals surface area contributed by atoms with Gasteiger partial charge in [0.15, 0.2) is 5.06 Å². The number of aromatic nitrogens is 1. The van der Waals surface area contributed by atoms with Gasteiger partial charge in [0.25, 0.3) is 5.91 Å². The van der Waals surface area contributed by atoms with Crippen LogP contribution in [0.25, 0.3) is 0 Å². The van der Waals surface area contributed by atoms with Crippen LogP contribution in [-0.4, -0.2) is 42.1 Å². The molecule has 0 N–H and O–H groups in total. The molecular weight excluding hydrogens is 491 g/mol. The number of carbonyl (C=O) groups excluding carboxylic acids is 1. The fourth-order valence-corrected chi connectivity index (χ4v) is 5.18. The number of hydrogen-bond acceptors (Lipinski definition) is 5. The van der Waals surface area contributed by atoms with Crippen LogP contribution in [0, 0.1) is 5.92 Å². The molecule has 0 saturated carbocycles. The van der Waals surface area contributed by atoms with E-state index in [1.54, 1.807) is 43.6 Å². The number of rotatable bonds is 6. The summed E-state index contributed by atoms with van der Waals surface area (Å²) in [5, 5.41) is 2.24. The molecule has 1 aliphatic heterocycles. The maximum Gasteiger partial charge on any atom is 0.264 e. The summed E-state index contributed by atoms with van der Waals surface area (Å²) in [6.45, 7) is 3.08. The molecule has 0 spiro atoms. The average molecular weight is 512 g/mol. The minimum atomic E-state index is -0.209. The Balaban J connectivity index is 1.60. The van der Waals surface area contributed by atoms with E-state index in [0.717, 1.165) is 5.56 Å². The largest absolute Gasteiger partial charge is 0.487 e. The molecule has 3 atom stereocenters. The Labute approximate surface area is 205 Å². The van der Waals surface area contributed by atoms with Crippen LogP contribution in [0.3, 0.4) is 0 Å². The van der Waals surface area contributed by atoms with Gasteiger partial charge in [0, 0.05) is 37.2 Å². The van der Waals surface area contributed by atoms with Crippen molar-refractivity contribution in [2.24, 2.45) is 5.92 Å². The van der Waals surface area contributed by atoms with E-state index in [2.05, 4.69) is 4.98 Å². The molecule has 3 heterocycles. The summed E-state index contributed by atoms with van der Waals surface area (Å²) in [6, 6.07) is 12.7. The Morgan fingerprint density at radius 1 is 1.12 bits per heavy atom. The van der Waals surface area contributed by atoms with Gasteiger partial charge in [0.2, 0.25) is 5.88 Å². The van der Waals surface area contributed by atoms with Crippen molar-refractivity contribution in [1.82, 2.24) is 9.88 Å². The quantitative estimate of drug-likeness (QED) is 0.382. The molecule has 1 fully saturated rings. The average Bonchev–Trinajstić information content (AvgIpc) is 3.44. The van der Waals surface area contributed by atoms with Crippen LogP contribution in [0.1, 0.15) is 28.1 Å². The normalized spacial score (nSPS) is 19.1. The first kappa shape index (κ1) is 23.2. The fourth-order valence-electron chi connectivity index (χ4n) is 3.98. The van der Waals surface area contributed by atoms with E-state index >= 15 is 0 Å². The van der Waals surface area contributed by atoms with Crippen molar-refractivity contribution in [2.75, 3.05) is 20.2 Å².